The molecule has 0 saturated heterocycles. The van der Waals surface area contributed by atoms with Crippen LogP contribution in [0, 0.1) is 18.6 Å². The molecule has 0 amide bonds. The predicted molar refractivity (Wildman–Crippen MR) is 95.5 cm³/mol. The maximum atomic E-state index is 13.8. The molecular weight excluding hydrogens is 364 g/mol. The van der Waals surface area contributed by atoms with Gasteiger partial charge in [-0.2, -0.15) is 10.1 Å². The number of ether oxygens (including phenoxy) is 1. The Kier molecular flexibility index (Phi) is 5.13. The lowest BCUT2D eigenvalue weighted by molar-refractivity contribution is 0.416. The molecule has 2 aromatic carbocycles. The van der Waals surface area contributed by atoms with Gasteiger partial charge >= 0.3 is 0 Å². The van der Waals surface area contributed by atoms with E-state index in [0.29, 0.717) is 16.5 Å². The molecular formula is C17H14ClF2N5O. The van der Waals surface area contributed by atoms with Crippen molar-refractivity contribution in [1.82, 2.24) is 15.2 Å². The van der Waals surface area contributed by atoms with Gasteiger partial charge in [0.15, 0.2) is 5.82 Å². The van der Waals surface area contributed by atoms with Crippen molar-refractivity contribution >= 4 is 34.7 Å². The van der Waals surface area contributed by atoms with Crippen molar-refractivity contribution in [2.75, 3.05) is 17.7 Å². The predicted octanol–water partition coefficient (Wildman–Crippen LogP) is 4.61. The first-order valence-corrected chi connectivity index (χ1v) is 7.87. The molecule has 6 nitrogen and oxygen atoms in total. The molecule has 1 heterocycles. The fourth-order valence-corrected chi connectivity index (χ4v) is 2.35. The highest BCUT2D eigenvalue weighted by Crippen LogP contribution is 2.32. The summed E-state index contributed by atoms with van der Waals surface area (Å²) in [5.74, 6) is -0.503. The van der Waals surface area contributed by atoms with Gasteiger partial charge in [0, 0.05) is 17.2 Å². The van der Waals surface area contributed by atoms with Gasteiger partial charge in [-0.1, -0.05) is 11.6 Å². The van der Waals surface area contributed by atoms with Crippen molar-refractivity contribution in [2.45, 2.75) is 6.92 Å². The second kappa shape index (κ2) is 7.49. The van der Waals surface area contributed by atoms with Crippen LogP contribution >= 0.6 is 11.6 Å². The second-order valence-corrected chi connectivity index (χ2v) is 5.75. The van der Waals surface area contributed by atoms with Crippen molar-refractivity contribution in [3.8, 4) is 5.75 Å². The zero-order valence-electron chi connectivity index (χ0n) is 13.8. The normalized spacial score (nSPS) is 10.5. The third-order valence-electron chi connectivity index (χ3n) is 3.48. The van der Waals surface area contributed by atoms with Gasteiger partial charge in [0.05, 0.1) is 24.7 Å². The van der Waals surface area contributed by atoms with E-state index in [1.54, 1.807) is 12.1 Å². The van der Waals surface area contributed by atoms with Crippen molar-refractivity contribution in [3.63, 3.8) is 0 Å². The van der Waals surface area contributed by atoms with Gasteiger partial charge in [0.25, 0.3) is 0 Å². The molecule has 0 aliphatic carbocycles. The minimum absolute atomic E-state index is 0.0674. The molecule has 134 valence electrons. The Bertz CT molecular complexity index is 954. The van der Waals surface area contributed by atoms with E-state index in [4.69, 9.17) is 16.3 Å². The summed E-state index contributed by atoms with van der Waals surface area (Å²) in [7, 11) is 1.51. The largest absolute Gasteiger partial charge is 0.495 e. The number of methoxy groups -OCH3 is 1. The lowest BCUT2D eigenvalue weighted by Crippen LogP contribution is -2.04. The zero-order valence-corrected chi connectivity index (χ0v) is 14.6. The first-order valence-electron chi connectivity index (χ1n) is 7.49. The number of anilines is 4. The molecule has 0 atom stereocenters. The minimum Gasteiger partial charge on any atom is -0.495 e. The SMILES string of the molecule is COc1cc(Cl)c(C)cc1Nc1nncc(Nc2ccc(F)cc2F)n1. The average molecular weight is 378 g/mol. The number of hydrogen-bond donors (Lipinski definition) is 2. The minimum atomic E-state index is -0.742. The van der Waals surface area contributed by atoms with Crippen LogP contribution in [0.15, 0.2) is 36.5 Å². The average Bonchev–Trinajstić information content (AvgIpc) is 2.61. The molecule has 0 saturated carbocycles. The van der Waals surface area contributed by atoms with E-state index in [-0.39, 0.29) is 17.5 Å². The van der Waals surface area contributed by atoms with Crippen LogP contribution in [0.3, 0.4) is 0 Å². The van der Waals surface area contributed by atoms with Gasteiger partial charge in [0.1, 0.15) is 17.4 Å². The van der Waals surface area contributed by atoms with Gasteiger partial charge in [0.2, 0.25) is 5.95 Å². The molecule has 0 aliphatic heterocycles. The van der Waals surface area contributed by atoms with Crippen LogP contribution in [-0.4, -0.2) is 22.3 Å². The van der Waals surface area contributed by atoms with Crippen LogP contribution in [0.5, 0.6) is 5.75 Å². The molecule has 0 spiro atoms. The second-order valence-electron chi connectivity index (χ2n) is 5.34. The Balaban J connectivity index is 1.85. The Hall–Kier alpha value is -3.00. The van der Waals surface area contributed by atoms with E-state index in [1.807, 2.05) is 6.92 Å². The number of aryl methyl sites for hydroxylation is 1. The van der Waals surface area contributed by atoms with Crippen LogP contribution in [0.2, 0.25) is 5.02 Å². The molecule has 0 radical (unpaired) electrons. The van der Waals surface area contributed by atoms with Gasteiger partial charge < -0.3 is 15.4 Å². The summed E-state index contributed by atoms with van der Waals surface area (Å²) in [5, 5.41) is 14.0. The fraction of sp³-hybridized carbons (Fsp3) is 0.118. The number of nitrogens with one attached hydrogen (secondary N) is 2. The Labute approximate surface area is 153 Å². The molecule has 0 bridgehead atoms. The van der Waals surface area contributed by atoms with Crippen molar-refractivity contribution < 1.29 is 13.5 Å². The van der Waals surface area contributed by atoms with Crippen LogP contribution in [0.1, 0.15) is 5.56 Å². The topological polar surface area (TPSA) is 72.0 Å². The van der Waals surface area contributed by atoms with Crippen molar-refractivity contribution in [1.29, 1.82) is 0 Å². The highest BCUT2D eigenvalue weighted by atomic mass is 35.5. The lowest BCUT2D eigenvalue weighted by Gasteiger charge is -2.12. The van der Waals surface area contributed by atoms with Gasteiger partial charge in [-0.25, -0.2) is 8.78 Å². The molecule has 0 aliphatic rings. The molecule has 0 unspecified atom stereocenters. The fourth-order valence-electron chi connectivity index (χ4n) is 2.20. The van der Waals surface area contributed by atoms with Crippen LogP contribution in [0.4, 0.5) is 31.9 Å². The number of halogens is 3. The number of benzene rings is 2. The number of hydrogen-bond acceptors (Lipinski definition) is 6. The molecule has 9 heteroatoms. The van der Waals surface area contributed by atoms with Crippen molar-refractivity contribution in [2.24, 2.45) is 0 Å². The van der Waals surface area contributed by atoms with E-state index in [2.05, 4.69) is 25.8 Å². The first kappa shape index (κ1) is 17.8. The van der Waals surface area contributed by atoms with E-state index in [0.717, 1.165) is 17.7 Å². The summed E-state index contributed by atoms with van der Waals surface area (Å²) in [5.41, 5.74) is 1.50. The summed E-state index contributed by atoms with van der Waals surface area (Å²) >= 11 is 6.09. The van der Waals surface area contributed by atoms with Crippen LogP contribution in [0.25, 0.3) is 0 Å². The highest BCUT2D eigenvalue weighted by molar-refractivity contribution is 6.31. The van der Waals surface area contributed by atoms with Crippen molar-refractivity contribution in [3.05, 3.63) is 58.7 Å². The van der Waals surface area contributed by atoms with E-state index < -0.39 is 11.6 Å². The highest BCUT2D eigenvalue weighted by Gasteiger charge is 2.10. The summed E-state index contributed by atoms with van der Waals surface area (Å²) in [6.07, 6.45) is 1.32. The number of aromatic nitrogens is 3. The quantitative estimate of drug-likeness (QED) is 0.676. The van der Waals surface area contributed by atoms with Crippen LogP contribution < -0.4 is 15.4 Å². The summed E-state index contributed by atoms with van der Waals surface area (Å²) in [6, 6.07) is 6.64. The van der Waals surface area contributed by atoms with E-state index in [1.165, 1.54) is 19.4 Å². The Morgan fingerprint density at radius 2 is 1.88 bits per heavy atom. The Morgan fingerprint density at radius 1 is 1.08 bits per heavy atom. The smallest absolute Gasteiger partial charge is 0.249 e. The molecule has 0 fully saturated rings. The van der Waals surface area contributed by atoms with E-state index in [9.17, 15) is 8.78 Å². The third kappa shape index (κ3) is 3.97. The molecule has 1 aromatic heterocycles. The lowest BCUT2D eigenvalue weighted by atomic mass is 10.2. The monoisotopic (exact) mass is 377 g/mol. The number of rotatable bonds is 5. The van der Waals surface area contributed by atoms with Crippen LogP contribution in [-0.2, 0) is 0 Å². The zero-order chi connectivity index (χ0) is 18.7. The summed E-state index contributed by atoms with van der Waals surface area (Å²) in [6.45, 7) is 1.85. The van der Waals surface area contributed by atoms with Gasteiger partial charge in [-0.05, 0) is 30.7 Å². The third-order valence-corrected chi connectivity index (χ3v) is 3.89. The van der Waals surface area contributed by atoms with Gasteiger partial charge in [-0.15, -0.1) is 5.10 Å². The number of nitrogens with zero attached hydrogens (tertiary/aromatic N) is 3. The maximum absolute atomic E-state index is 13.8. The summed E-state index contributed by atoms with van der Waals surface area (Å²) < 4.78 is 32.0. The Morgan fingerprint density at radius 3 is 2.62 bits per heavy atom. The molecule has 3 rings (SSSR count). The van der Waals surface area contributed by atoms with E-state index >= 15 is 0 Å². The molecule has 26 heavy (non-hydrogen) atoms. The summed E-state index contributed by atoms with van der Waals surface area (Å²) in [4.78, 5) is 4.21. The maximum Gasteiger partial charge on any atom is 0.249 e. The first-order chi connectivity index (χ1) is 12.5. The van der Waals surface area contributed by atoms with Gasteiger partial charge in [-0.3, -0.25) is 0 Å². The molecule has 3 aromatic rings. The molecule has 2 N–H and O–H groups in total. The standard InChI is InChI=1S/C17H14ClF2N5O/c1-9-5-14(15(26-2)7-11(9)18)23-17-24-16(8-21-25-17)22-13-4-3-10(19)6-12(13)20/h3-8H,1-2H3,(H2,22,23,24,25).